The summed E-state index contributed by atoms with van der Waals surface area (Å²) >= 11 is 0. The molecule has 0 atom stereocenters. The fraction of sp³-hybridized carbons (Fsp3) is 1.00. The highest BCUT2D eigenvalue weighted by Crippen LogP contribution is 2.26. The van der Waals surface area contributed by atoms with Gasteiger partial charge in [-0.05, 0) is 47.5 Å². The average Bonchev–Trinajstić information content (AvgIpc) is 1.78. The van der Waals surface area contributed by atoms with Gasteiger partial charge in [-0.1, -0.05) is 0 Å². The summed E-state index contributed by atoms with van der Waals surface area (Å²) in [6.45, 7) is 10.8. The predicted octanol–water partition coefficient (Wildman–Crippen LogP) is 2.33. The SMILES string of the molecule is CC(C)OC1CC(NC(C)(C)C)C1. The molecule has 0 amide bonds. The van der Waals surface area contributed by atoms with Gasteiger partial charge < -0.3 is 10.1 Å². The zero-order chi connectivity index (χ0) is 10.1. The number of nitrogens with one attached hydrogen (secondary N) is 1. The predicted molar refractivity (Wildman–Crippen MR) is 55.9 cm³/mol. The first-order chi connectivity index (χ1) is 5.87. The van der Waals surface area contributed by atoms with E-state index in [0.29, 0.717) is 18.2 Å². The molecule has 0 aliphatic heterocycles. The number of ether oxygens (including phenoxy) is 1. The van der Waals surface area contributed by atoms with E-state index in [1.165, 1.54) is 12.8 Å². The molecule has 2 nitrogen and oxygen atoms in total. The lowest BCUT2D eigenvalue weighted by atomic mass is 9.87. The van der Waals surface area contributed by atoms with E-state index in [1.54, 1.807) is 0 Å². The maximum atomic E-state index is 5.69. The molecule has 78 valence electrons. The van der Waals surface area contributed by atoms with Crippen molar-refractivity contribution in [2.24, 2.45) is 0 Å². The van der Waals surface area contributed by atoms with Crippen molar-refractivity contribution in [3.05, 3.63) is 0 Å². The zero-order valence-electron chi connectivity index (χ0n) is 9.55. The Morgan fingerprint density at radius 1 is 1.23 bits per heavy atom. The van der Waals surface area contributed by atoms with Gasteiger partial charge >= 0.3 is 0 Å². The molecule has 13 heavy (non-hydrogen) atoms. The fourth-order valence-electron chi connectivity index (χ4n) is 1.79. The van der Waals surface area contributed by atoms with Crippen LogP contribution in [0.5, 0.6) is 0 Å². The molecule has 1 aliphatic carbocycles. The molecule has 1 saturated carbocycles. The highest BCUT2D eigenvalue weighted by Gasteiger charge is 2.32. The van der Waals surface area contributed by atoms with Crippen molar-refractivity contribution in [2.45, 2.75) is 71.2 Å². The van der Waals surface area contributed by atoms with Crippen LogP contribution in [0.4, 0.5) is 0 Å². The third-order valence-electron chi connectivity index (χ3n) is 2.20. The molecule has 0 aromatic rings. The maximum absolute atomic E-state index is 5.69. The highest BCUT2D eigenvalue weighted by molar-refractivity contribution is 4.90. The van der Waals surface area contributed by atoms with Gasteiger partial charge in [-0.3, -0.25) is 0 Å². The van der Waals surface area contributed by atoms with Crippen LogP contribution in [-0.4, -0.2) is 23.8 Å². The van der Waals surface area contributed by atoms with Crippen LogP contribution in [0, 0.1) is 0 Å². The summed E-state index contributed by atoms with van der Waals surface area (Å²) in [5.41, 5.74) is 0.244. The quantitative estimate of drug-likeness (QED) is 0.728. The lowest BCUT2D eigenvalue weighted by Gasteiger charge is -2.40. The monoisotopic (exact) mass is 185 g/mol. The van der Waals surface area contributed by atoms with Crippen molar-refractivity contribution < 1.29 is 4.74 Å². The van der Waals surface area contributed by atoms with Crippen molar-refractivity contribution in [2.75, 3.05) is 0 Å². The molecule has 0 bridgehead atoms. The van der Waals surface area contributed by atoms with Gasteiger partial charge in [0.25, 0.3) is 0 Å². The summed E-state index contributed by atoms with van der Waals surface area (Å²) in [5, 5.41) is 3.58. The molecule has 0 heterocycles. The molecule has 2 heteroatoms. The van der Waals surface area contributed by atoms with Crippen LogP contribution in [0.3, 0.4) is 0 Å². The van der Waals surface area contributed by atoms with Gasteiger partial charge in [0.05, 0.1) is 12.2 Å². The minimum absolute atomic E-state index is 0.244. The maximum Gasteiger partial charge on any atom is 0.0608 e. The molecule has 0 saturated heterocycles. The van der Waals surface area contributed by atoms with Gasteiger partial charge in [-0.15, -0.1) is 0 Å². The van der Waals surface area contributed by atoms with Crippen LogP contribution in [0.15, 0.2) is 0 Å². The first kappa shape index (κ1) is 11.0. The third kappa shape index (κ3) is 4.10. The molecule has 0 spiro atoms. The van der Waals surface area contributed by atoms with Gasteiger partial charge in [0.15, 0.2) is 0 Å². The van der Waals surface area contributed by atoms with E-state index >= 15 is 0 Å². The summed E-state index contributed by atoms with van der Waals surface area (Å²) in [7, 11) is 0. The van der Waals surface area contributed by atoms with Gasteiger partial charge in [0, 0.05) is 11.6 Å². The van der Waals surface area contributed by atoms with E-state index < -0.39 is 0 Å². The van der Waals surface area contributed by atoms with Crippen molar-refractivity contribution in [3.8, 4) is 0 Å². The highest BCUT2D eigenvalue weighted by atomic mass is 16.5. The van der Waals surface area contributed by atoms with E-state index in [0.717, 1.165) is 0 Å². The fourth-order valence-corrected chi connectivity index (χ4v) is 1.79. The zero-order valence-corrected chi connectivity index (χ0v) is 9.55. The Kier molecular flexibility index (Phi) is 3.36. The number of hydrogen-bond donors (Lipinski definition) is 1. The Balaban J connectivity index is 2.12. The standard InChI is InChI=1S/C11H23NO/c1-8(2)13-10-6-9(7-10)12-11(3,4)5/h8-10,12H,6-7H2,1-5H3. The van der Waals surface area contributed by atoms with Crippen molar-refractivity contribution >= 4 is 0 Å². The number of hydrogen-bond acceptors (Lipinski definition) is 2. The minimum atomic E-state index is 0.244. The lowest BCUT2D eigenvalue weighted by molar-refractivity contribution is -0.0533. The van der Waals surface area contributed by atoms with Crippen molar-refractivity contribution in [1.82, 2.24) is 5.32 Å². The van der Waals surface area contributed by atoms with Gasteiger partial charge in [0.1, 0.15) is 0 Å². The summed E-state index contributed by atoms with van der Waals surface area (Å²) in [6.07, 6.45) is 3.23. The van der Waals surface area contributed by atoms with Crippen LogP contribution >= 0.6 is 0 Å². The Morgan fingerprint density at radius 3 is 2.15 bits per heavy atom. The van der Waals surface area contributed by atoms with E-state index in [4.69, 9.17) is 4.74 Å². The van der Waals surface area contributed by atoms with Crippen LogP contribution in [0.1, 0.15) is 47.5 Å². The van der Waals surface area contributed by atoms with E-state index in [-0.39, 0.29) is 5.54 Å². The van der Waals surface area contributed by atoms with Gasteiger partial charge in [-0.25, -0.2) is 0 Å². The third-order valence-corrected chi connectivity index (χ3v) is 2.20. The van der Waals surface area contributed by atoms with E-state index in [9.17, 15) is 0 Å². The Morgan fingerprint density at radius 2 is 1.77 bits per heavy atom. The van der Waals surface area contributed by atoms with E-state index in [1.807, 2.05) is 0 Å². The molecule has 0 aromatic carbocycles. The molecule has 0 radical (unpaired) electrons. The van der Waals surface area contributed by atoms with E-state index in [2.05, 4.69) is 39.9 Å². The number of rotatable bonds is 3. The molecule has 1 fully saturated rings. The summed E-state index contributed by atoms with van der Waals surface area (Å²) in [6, 6.07) is 0.670. The van der Waals surface area contributed by atoms with Crippen molar-refractivity contribution in [3.63, 3.8) is 0 Å². The smallest absolute Gasteiger partial charge is 0.0608 e. The largest absolute Gasteiger partial charge is 0.375 e. The molecule has 1 rings (SSSR count). The first-order valence-electron chi connectivity index (χ1n) is 5.30. The minimum Gasteiger partial charge on any atom is -0.375 e. The second kappa shape index (κ2) is 3.97. The molecular weight excluding hydrogens is 162 g/mol. The molecule has 0 aromatic heterocycles. The summed E-state index contributed by atoms with van der Waals surface area (Å²) < 4.78 is 5.69. The van der Waals surface area contributed by atoms with Crippen LogP contribution < -0.4 is 5.32 Å². The topological polar surface area (TPSA) is 21.3 Å². The van der Waals surface area contributed by atoms with Crippen molar-refractivity contribution in [1.29, 1.82) is 0 Å². The average molecular weight is 185 g/mol. The van der Waals surface area contributed by atoms with Crippen LogP contribution in [0.2, 0.25) is 0 Å². The Labute approximate surface area is 82.0 Å². The first-order valence-corrected chi connectivity index (χ1v) is 5.30. The second-order valence-electron chi connectivity index (χ2n) is 5.37. The molecular formula is C11H23NO. The molecule has 0 unspecified atom stereocenters. The Bertz CT molecular complexity index is 154. The summed E-state index contributed by atoms with van der Waals surface area (Å²) in [4.78, 5) is 0. The van der Waals surface area contributed by atoms with Crippen LogP contribution in [-0.2, 0) is 4.74 Å². The summed E-state index contributed by atoms with van der Waals surface area (Å²) in [5.74, 6) is 0. The second-order valence-corrected chi connectivity index (χ2v) is 5.37. The molecule has 1 aliphatic rings. The Hall–Kier alpha value is -0.0800. The normalized spacial score (nSPS) is 29.1. The van der Waals surface area contributed by atoms with Gasteiger partial charge in [-0.2, -0.15) is 0 Å². The molecule has 1 N–H and O–H groups in total. The lowest BCUT2D eigenvalue weighted by Crippen LogP contribution is -2.52. The van der Waals surface area contributed by atoms with Crippen LogP contribution in [0.25, 0.3) is 0 Å². The van der Waals surface area contributed by atoms with Gasteiger partial charge in [0.2, 0.25) is 0 Å².